The zero-order valence-corrected chi connectivity index (χ0v) is 21.5. The molecule has 0 heterocycles. The molecule has 1 amide bonds. The summed E-state index contributed by atoms with van der Waals surface area (Å²) >= 11 is 0.954. The van der Waals surface area contributed by atoms with Crippen LogP contribution in [0.4, 0.5) is 0 Å². The highest BCUT2D eigenvalue weighted by Gasteiger charge is 2.20. The van der Waals surface area contributed by atoms with Gasteiger partial charge in [-0.15, -0.1) is 0 Å². The fraction of sp³-hybridized carbons (Fsp3) is 0.444. The number of esters is 1. The molecular formula is C27H35NO6S. The van der Waals surface area contributed by atoms with Crippen LogP contribution in [0, 0.1) is 0 Å². The average Bonchev–Trinajstić information content (AvgIpc) is 2.89. The van der Waals surface area contributed by atoms with E-state index in [0.717, 1.165) is 48.6 Å². The lowest BCUT2D eigenvalue weighted by Crippen LogP contribution is -2.31. The Labute approximate surface area is 211 Å². The molecule has 0 fully saturated rings. The van der Waals surface area contributed by atoms with Gasteiger partial charge in [0.1, 0.15) is 18.1 Å². The minimum Gasteiger partial charge on any atom is -0.497 e. The van der Waals surface area contributed by atoms with Crippen molar-refractivity contribution in [2.75, 3.05) is 20.8 Å². The lowest BCUT2D eigenvalue weighted by atomic mass is 10.1. The van der Waals surface area contributed by atoms with Gasteiger partial charge >= 0.3 is 5.97 Å². The van der Waals surface area contributed by atoms with Crippen LogP contribution in [0.25, 0.3) is 0 Å². The van der Waals surface area contributed by atoms with Crippen LogP contribution in [0.15, 0.2) is 48.5 Å². The molecule has 0 radical (unpaired) electrons. The van der Waals surface area contributed by atoms with Crippen molar-refractivity contribution in [1.82, 2.24) is 5.32 Å². The van der Waals surface area contributed by atoms with Crippen LogP contribution < -0.4 is 14.8 Å². The Balaban J connectivity index is 2.04. The number of thioether (sulfide) groups is 1. The molecule has 0 aliphatic carbocycles. The monoisotopic (exact) mass is 501 g/mol. The molecule has 2 aromatic carbocycles. The molecule has 0 saturated carbocycles. The van der Waals surface area contributed by atoms with Gasteiger partial charge < -0.3 is 19.5 Å². The molecule has 35 heavy (non-hydrogen) atoms. The predicted molar refractivity (Wildman–Crippen MR) is 138 cm³/mol. The van der Waals surface area contributed by atoms with Crippen molar-refractivity contribution in [2.45, 2.75) is 56.8 Å². The Hall–Kier alpha value is -3.00. The van der Waals surface area contributed by atoms with Crippen molar-refractivity contribution in [3.63, 3.8) is 0 Å². The van der Waals surface area contributed by atoms with Crippen LogP contribution in [0.5, 0.6) is 11.5 Å². The normalized spacial score (nSPS) is 12.3. The highest BCUT2D eigenvalue weighted by atomic mass is 32.2. The number of hydrogen-bond donors (Lipinski definition) is 1. The third-order valence-corrected chi connectivity index (χ3v) is 6.30. The molecule has 8 heteroatoms. The molecule has 0 saturated heterocycles. The highest BCUT2D eigenvalue weighted by Crippen LogP contribution is 2.25. The maximum atomic E-state index is 12.5. The summed E-state index contributed by atoms with van der Waals surface area (Å²) in [5.74, 6) is 0.843. The zero-order chi connectivity index (χ0) is 25.5. The third kappa shape index (κ3) is 10.0. The maximum Gasteiger partial charge on any atom is 0.306 e. The van der Waals surface area contributed by atoms with Gasteiger partial charge in [0.15, 0.2) is 11.7 Å². The lowest BCUT2D eigenvalue weighted by Gasteiger charge is -2.20. The number of unbranched alkanes of at least 4 members (excludes halogenated alkanes) is 3. The predicted octanol–water partition coefficient (Wildman–Crippen LogP) is 4.91. The maximum absolute atomic E-state index is 12.5. The average molecular weight is 502 g/mol. The van der Waals surface area contributed by atoms with E-state index in [9.17, 15) is 14.4 Å². The van der Waals surface area contributed by atoms with E-state index in [1.165, 1.54) is 0 Å². The third-order valence-electron chi connectivity index (χ3n) is 5.48. The number of rotatable bonds is 16. The number of ether oxygens (including phenoxy) is 3. The van der Waals surface area contributed by atoms with Crippen LogP contribution >= 0.6 is 11.8 Å². The summed E-state index contributed by atoms with van der Waals surface area (Å²) in [6, 6.07) is 14.7. The summed E-state index contributed by atoms with van der Waals surface area (Å²) in [5.41, 5.74) is 2.38. The Bertz CT molecular complexity index is 934. The highest BCUT2D eigenvalue weighted by molar-refractivity contribution is 8.13. The van der Waals surface area contributed by atoms with Crippen molar-refractivity contribution in [2.24, 2.45) is 0 Å². The Morgan fingerprint density at radius 1 is 1.06 bits per heavy atom. The van der Waals surface area contributed by atoms with Crippen molar-refractivity contribution in [1.29, 1.82) is 0 Å². The number of hydrogen-bond acceptors (Lipinski definition) is 7. The number of amides is 1. The summed E-state index contributed by atoms with van der Waals surface area (Å²) in [7, 11) is 3.14. The molecule has 0 aliphatic rings. The Morgan fingerprint density at radius 2 is 1.83 bits per heavy atom. The van der Waals surface area contributed by atoms with Gasteiger partial charge in [-0.3, -0.25) is 14.4 Å². The summed E-state index contributed by atoms with van der Waals surface area (Å²) in [5, 5.41) is 2.09. The first-order chi connectivity index (χ1) is 17.0. The fourth-order valence-corrected chi connectivity index (χ4v) is 4.16. The first-order valence-corrected chi connectivity index (χ1v) is 12.8. The second-order valence-electron chi connectivity index (χ2n) is 8.06. The molecule has 1 N–H and O–H groups in total. The quantitative estimate of drug-likeness (QED) is 0.199. The van der Waals surface area contributed by atoms with E-state index in [0.29, 0.717) is 30.0 Å². The van der Waals surface area contributed by atoms with Gasteiger partial charge in [-0.1, -0.05) is 62.2 Å². The molecule has 2 aromatic rings. The Morgan fingerprint density at radius 3 is 2.49 bits per heavy atom. The van der Waals surface area contributed by atoms with E-state index in [1.54, 1.807) is 26.3 Å². The van der Waals surface area contributed by atoms with Gasteiger partial charge in [-0.2, -0.15) is 0 Å². The zero-order valence-electron chi connectivity index (χ0n) is 20.7. The minimum absolute atomic E-state index is 0.148. The molecule has 2 atom stereocenters. The Kier molecular flexibility index (Phi) is 12.8. The van der Waals surface area contributed by atoms with Gasteiger partial charge in [-0.25, -0.2) is 0 Å². The summed E-state index contributed by atoms with van der Waals surface area (Å²) in [4.78, 5) is 35.3. The van der Waals surface area contributed by atoms with Crippen LogP contribution in [-0.4, -0.2) is 43.5 Å². The lowest BCUT2D eigenvalue weighted by molar-refractivity contribution is -0.151. The van der Waals surface area contributed by atoms with Gasteiger partial charge in [0, 0.05) is 13.5 Å². The van der Waals surface area contributed by atoms with Crippen LogP contribution in [0.3, 0.4) is 0 Å². The number of carbonyl (C=O) groups is 3. The summed E-state index contributed by atoms with van der Waals surface area (Å²) in [6.07, 6.45) is 4.24. The van der Waals surface area contributed by atoms with Gasteiger partial charge in [0.05, 0.1) is 12.4 Å². The number of benzene rings is 2. The van der Waals surface area contributed by atoms with Crippen molar-refractivity contribution < 1.29 is 28.6 Å². The second-order valence-corrected chi connectivity index (χ2v) is 9.09. The number of carbonyl (C=O) groups excluding carboxylic acids is 3. The molecule has 0 bridgehead atoms. The van der Waals surface area contributed by atoms with Crippen molar-refractivity contribution >= 4 is 29.3 Å². The molecule has 190 valence electrons. The van der Waals surface area contributed by atoms with Crippen molar-refractivity contribution in [3.05, 3.63) is 59.7 Å². The second kappa shape index (κ2) is 15.8. The summed E-state index contributed by atoms with van der Waals surface area (Å²) in [6.45, 7) is 2.28. The van der Waals surface area contributed by atoms with Crippen LogP contribution in [-0.2, 0) is 25.5 Å². The molecule has 0 aromatic heterocycles. The van der Waals surface area contributed by atoms with Gasteiger partial charge in [0.2, 0.25) is 5.91 Å². The number of nitrogens with one attached hydrogen (secondary N) is 1. The smallest absolute Gasteiger partial charge is 0.306 e. The van der Waals surface area contributed by atoms with E-state index < -0.39 is 11.4 Å². The SMILES string of the molecule is CCCCCCC(=O)OC(COc1ccc(CC(SC=O)C(=O)NC)cc1)c1cccc(OC)c1. The first kappa shape index (κ1) is 28.2. The van der Waals surface area contributed by atoms with E-state index in [1.807, 2.05) is 36.4 Å². The number of methoxy groups -OCH3 is 1. The van der Waals surface area contributed by atoms with E-state index in [2.05, 4.69) is 12.2 Å². The molecule has 2 unspecified atom stereocenters. The van der Waals surface area contributed by atoms with Gasteiger partial charge in [0.25, 0.3) is 0 Å². The van der Waals surface area contributed by atoms with Gasteiger partial charge in [-0.05, 0) is 48.2 Å². The topological polar surface area (TPSA) is 90.9 Å². The first-order valence-electron chi connectivity index (χ1n) is 11.9. The standard InChI is InChI=1S/C27H35NO6S/c1-4-5-6-7-11-26(30)34-24(21-9-8-10-23(17-21)32-3)18-33-22-14-12-20(13-15-22)16-25(35-19-29)27(31)28-2/h8-10,12-15,17,19,24-25H,4-7,11,16,18H2,1-3H3,(H,28,31). The fourth-order valence-electron chi connectivity index (χ4n) is 3.49. The molecule has 0 aliphatic heterocycles. The molecular weight excluding hydrogens is 466 g/mol. The van der Waals surface area contributed by atoms with E-state index >= 15 is 0 Å². The molecule has 2 rings (SSSR count). The minimum atomic E-state index is -0.579. The molecule has 7 nitrogen and oxygen atoms in total. The van der Waals surface area contributed by atoms with E-state index in [4.69, 9.17) is 14.2 Å². The van der Waals surface area contributed by atoms with E-state index in [-0.39, 0.29) is 18.5 Å². The largest absolute Gasteiger partial charge is 0.497 e. The molecule has 0 spiro atoms. The van der Waals surface area contributed by atoms with Crippen LogP contribution in [0.1, 0.15) is 56.3 Å². The van der Waals surface area contributed by atoms with Crippen LogP contribution in [0.2, 0.25) is 0 Å². The summed E-state index contributed by atoms with van der Waals surface area (Å²) < 4.78 is 17.1. The van der Waals surface area contributed by atoms with Crippen molar-refractivity contribution in [3.8, 4) is 11.5 Å².